The van der Waals surface area contributed by atoms with Crippen LogP contribution in [-0.4, -0.2) is 38.2 Å². The van der Waals surface area contributed by atoms with E-state index in [0.717, 1.165) is 17.7 Å². The number of rotatable bonds is 4. The van der Waals surface area contributed by atoms with Gasteiger partial charge in [-0.2, -0.15) is 0 Å². The molecule has 0 bridgehead atoms. The van der Waals surface area contributed by atoms with Gasteiger partial charge in [0.2, 0.25) is 12.5 Å². The Morgan fingerprint density at radius 1 is 1.26 bits per heavy atom. The van der Waals surface area contributed by atoms with Crippen molar-refractivity contribution in [2.75, 3.05) is 27.5 Å². The Kier molecular flexibility index (Phi) is 4.58. The number of likely N-dealkylation sites (N-methyl/N-ethyl adjacent to an activating group) is 1. The van der Waals surface area contributed by atoms with Crippen LogP contribution in [0.25, 0.3) is 6.08 Å². The molecular formula is C21H20FNO4. The zero-order valence-electron chi connectivity index (χ0n) is 15.3. The third kappa shape index (κ3) is 3.17. The van der Waals surface area contributed by atoms with Crippen LogP contribution in [0.4, 0.5) is 4.39 Å². The zero-order valence-corrected chi connectivity index (χ0v) is 15.3. The highest BCUT2D eigenvalue weighted by Gasteiger charge is 2.34. The summed E-state index contributed by atoms with van der Waals surface area (Å²) >= 11 is 0. The molecule has 0 aliphatic carbocycles. The summed E-state index contributed by atoms with van der Waals surface area (Å²) in [5.74, 6) is 1.02. The van der Waals surface area contributed by atoms with Crippen molar-refractivity contribution in [3.05, 3.63) is 58.4 Å². The van der Waals surface area contributed by atoms with Crippen LogP contribution in [0.5, 0.6) is 17.2 Å². The molecule has 27 heavy (non-hydrogen) atoms. The summed E-state index contributed by atoms with van der Waals surface area (Å²) < 4.78 is 30.2. The van der Waals surface area contributed by atoms with Crippen LogP contribution >= 0.6 is 0 Å². The number of hydrogen-bond acceptors (Lipinski definition) is 5. The van der Waals surface area contributed by atoms with Crippen LogP contribution in [0.3, 0.4) is 0 Å². The number of hydrogen-bond donors (Lipinski definition) is 0. The summed E-state index contributed by atoms with van der Waals surface area (Å²) in [5.41, 5.74) is 3.03. The Bertz CT molecular complexity index is 938. The Balaban J connectivity index is 1.79. The van der Waals surface area contributed by atoms with Gasteiger partial charge >= 0.3 is 0 Å². The fraction of sp³-hybridized carbons (Fsp3) is 0.286. The van der Waals surface area contributed by atoms with E-state index in [1.807, 2.05) is 7.05 Å². The summed E-state index contributed by atoms with van der Waals surface area (Å²) in [4.78, 5) is 15.2. The topological polar surface area (TPSA) is 48.0 Å². The van der Waals surface area contributed by atoms with Gasteiger partial charge in [0.15, 0.2) is 17.3 Å². The minimum atomic E-state index is -0.341. The van der Waals surface area contributed by atoms with E-state index in [-0.39, 0.29) is 18.4 Å². The second-order valence-electron chi connectivity index (χ2n) is 6.67. The van der Waals surface area contributed by atoms with E-state index in [0.29, 0.717) is 41.3 Å². The van der Waals surface area contributed by atoms with Crippen molar-refractivity contribution in [3.8, 4) is 17.2 Å². The quantitative estimate of drug-likeness (QED) is 0.610. The molecule has 140 valence electrons. The number of methoxy groups -OCH3 is 1. The molecule has 0 aromatic heterocycles. The van der Waals surface area contributed by atoms with E-state index in [4.69, 9.17) is 14.2 Å². The molecule has 0 radical (unpaired) electrons. The van der Waals surface area contributed by atoms with Crippen molar-refractivity contribution in [1.82, 2.24) is 4.90 Å². The standard InChI is InChI=1S/C21H20FNO4/c1-23-9-8-15-16(11-23)19(25-2)21-20(26-12-27-21)18(15)17(24)7-6-13-4-3-5-14(22)10-13/h3-7,10H,8-9,11-12H2,1-2H3/b7-6+. The van der Waals surface area contributed by atoms with E-state index in [1.54, 1.807) is 25.3 Å². The van der Waals surface area contributed by atoms with Crippen LogP contribution in [-0.2, 0) is 13.0 Å². The number of ketones is 1. The maximum atomic E-state index is 13.4. The van der Waals surface area contributed by atoms with E-state index in [9.17, 15) is 9.18 Å². The smallest absolute Gasteiger partial charge is 0.231 e. The molecule has 2 heterocycles. The summed E-state index contributed by atoms with van der Waals surface area (Å²) in [7, 11) is 3.62. The lowest BCUT2D eigenvalue weighted by atomic mass is 9.90. The van der Waals surface area contributed by atoms with Gasteiger partial charge in [-0.05, 0) is 42.8 Å². The zero-order chi connectivity index (χ0) is 19.0. The van der Waals surface area contributed by atoms with Gasteiger partial charge in [-0.25, -0.2) is 4.39 Å². The van der Waals surface area contributed by atoms with Crippen molar-refractivity contribution in [1.29, 1.82) is 0 Å². The first-order chi connectivity index (χ1) is 13.1. The van der Waals surface area contributed by atoms with Crippen molar-refractivity contribution in [2.45, 2.75) is 13.0 Å². The van der Waals surface area contributed by atoms with Gasteiger partial charge in [0.25, 0.3) is 0 Å². The monoisotopic (exact) mass is 369 g/mol. The Morgan fingerprint density at radius 3 is 2.85 bits per heavy atom. The van der Waals surface area contributed by atoms with Crippen LogP contribution in [0.15, 0.2) is 30.3 Å². The minimum Gasteiger partial charge on any atom is -0.492 e. The summed E-state index contributed by atoms with van der Waals surface area (Å²) in [6, 6.07) is 6.11. The molecule has 0 unspecified atom stereocenters. The van der Waals surface area contributed by atoms with Gasteiger partial charge in [0, 0.05) is 18.7 Å². The van der Waals surface area contributed by atoms with E-state index < -0.39 is 0 Å². The summed E-state index contributed by atoms with van der Waals surface area (Å²) in [5, 5.41) is 0. The van der Waals surface area contributed by atoms with Crippen LogP contribution in [0.1, 0.15) is 27.0 Å². The Labute approximate surface area is 156 Å². The largest absolute Gasteiger partial charge is 0.492 e. The molecule has 0 amide bonds. The molecule has 4 rings (SSSR count). The molecule has 2 aromatic carbocycles. The lowest BCUT2D eigenvalue weighted by molar-refractivity contribution is 0.104. The highest BCUT2D eigenvalue weighted by molar-refractivity contribution is 6.11. The number of ether oxygens (including phenoxy) is 3. The molecule has 2 aliphatic rings. The second kappa shape index (κ2) is 7.04. The van der Waals surface area contributed by atoms with Gasteiger partial charge in [-0.1, -0.05) is 18.2 Å². The fourth-order valence-corrected chi connectivity index (χ4v) is 3.63. The molecule has 0 spiro atoms. The Hall–Kier alpha value is -2.86. The van der Waals surface area contributed by atoms with Crippen molar-refractivity contribution >= 4 is 11.9 Å². The average Bonchev–Trinajstić information content (AvgIpc) is 3.13. The van der Waals surface area contributed by atoms with Crippen LogP contribution < -0.4 is 14.2 Å². The number of halogens is 1. The normalized spacial score (nSPS) is 15.8. The summed E-state index contributed by atoms with van der Waals surface area (Å²) in [6.07, 6.45) is 3.78. The number of allylic oxidation sites excluding steroid dienone is 1. The number of carbonyl (C=O) groups is 1. The molecule has 2 aromatic rings. The highest BCUT2D eigenvalue weighted by Crippen LogP contribution is 2.49. The second-order valence-corrected chi connectivity index (χ2v) is 6.67. The third-order valence-electron chi connectivity index (χ3n) is 4.88. The average molecular weight is 369 g/mol. The van der Waals surface area contributed by atoms with Crippen molar-refractivity contribution in [2.24, 2.45) is 0 Å². The number of benzene rings is 2. The maximum Gasteiger partial charge on any atom is 0.231 e. The predicted octanol–water partition coefficient (Wildman–Crippen LogP) is 3.45. The van der Waals surface area contributed by atoms with Crippen LogP contribution in [0.2, 0.25) is 0 Å². The first-order valence-electron chi connectivity index (χ1n) is 8.76. The van der Waals surface area contributed by atoms with E-state index in [2.05, 4.69) is 4.90 Å². The molecular weight excluding hydrogens is 349 g/mol. The number of nitrogens with zero attached hydrogens (tertiary/aromatic N) is 1. The molecule has 0 saturated carbocycles. The maximum absolute atomic E-state index is 13.4. The van der Waals surface area contributed by atoms with Crippen molar-refractivity contribution < 1.29 is 23.4 Å². The van der Waals surface area contributed by atoms with E-state index >= 15 is 0 Å². The molecule has 2 aliphatic heterocycles. The van der Waals surface area contributed by atoms with Gasteiger partial charge in [0.05, 0.1) is 12.7 Å². The number of carbonyl (C=O) groups excluding carboxylic acids is 1. The molecule has 0 N–H and O–H groups in total. The first kappa shape index (κ1) is 17.5. The molecule has 5 nitrogen and oxygen atoms in total. The fourth-order valence-electron chi connectivity index (χ4n) is 3.63. The number of fused-ring (bicyclic) bond motifs is 2. The van der Waals surface area contributed by atoms with Crippen molar-refractivity contribution in [3.63, 3.8) is 0 Å². The van der Waals surface area contributed by atoms with Gasteiger partial charge < -0.3 is 19.1 Å². The van der Waals surface area contributed by atoms with Crippen LogP contribution in [0, 0.1) is 5.82 Å². The molecule has 0 fully saturated rings. The third-order valence-corrected chi connectivity index (χ3v) is 4.88. The molecule has 0 atom stereocenters. The molecule has 6 heteroatoms. The molecule has 0 saturated heterocycles. The highest BCUT2D eigenvalue weighted by atomic mass is 19.1. The van der Waals surface area contributed by atoms with E-state index in [1.165, 1.54) is 18.2 Å². The van der Waals surface area contributed by atoms with Gasteiger partial charge in [-0.15, -0.1) is 0 Å². The SMILES string of the molecule is COc1c2c(c(C(=O)/C=C/c3cccc(F)c3)c3c1OCO3)CCN(C)C2. The Morgan fingerprint density at radius 2 is 2.07 bits per heavy atom. The lowest BCUT2D eigenvalue weighted by Crippen LogP contribution is -2.28. The summed E-state index contributed by atoms with van der Waals surface area (Å²) in [6.45, 7) is 1.56. The predicted molar refractivity (Wildman–Crippen MR) is 98.9 cm³/mol. The minimum absolute atomic E-state index is 0.0539. The first-order valence-corrected chi connectivity index (χ1v) is 8.76. The van der Waals surface area contributed by atoms with Gasteiger partial charge in [-0.3, -0.25) is 4.79 Å². The van der Waals surface area contributed by atoms with Gasteiger partial charge in [0.1, 0.15) is 5.82 Å². The lowest BCUT2D eigenvalue weighted by Gasteiger charge is -2.28.